The van der Waals surface area contributed by atoms with E-state index in [-0.39, 0.29) is 23.2 Å². The van der Waals surface area contributed by atoms with Crippen LogP contribution in [0, 0.1) is 10.1 Å². The maximum atomic E-state index is 12.9. The third-order valence-electron chi connectivity index (χ3n) is 4.84. The second-order valence-electron chi connectivity index (χ2n) is 6.78. The molecule has 1 amide bonds. The Morgan fingerprint density at radius 3 is 2.12 bits per heavy atom. The first kappa shape index (κ1) is 25.0. The van der Waals surface area contributed by atoms with Gasteiger partial charge >= 0.3 is 17.9 Å². The molecule has 174 valence electrons. The molecule has 2 atom stereocenters. The molecule has 2 aromatic rings. The lowest BCUT2D eigenvalue weighted by molar-refractivity contribution is -0.384. The molecule has 11 heteroatoms. The standard InChI is InChI=1S/C22H22N2O9/c1-31-18(25)12-17(13-7-9-16(10-8-13)24(29)30)19(22(28)33-3)23-20(26)14-5-4-6-15(11-14)21(27)32-2/h4-11,17,19H,12H2,1-3H3,(H,23,26)/t17-,19-/m1/s1. The van der Waals surface area contributed by atoms with Crippen LogP contribution in [0.15, 0.2) is 48.5 Å². The number of esters is 3. The van der Waals surface area contributed by atoms with E-state index in [1.54, 1.807) is 0 Å². The van der Waals surface area contributed by atoms with E-state index in [4.69, 9.17) is 9.47 Å². The van der Waals surface area contributed by atoms with Crippen LogP contribution in [0.3, 0.4) is 0 Å². The van der Waals surface area contributed by atoms with Crippen molar-refractivity contribution in [3.8, 4) is 0 Å². The molecule has 0 aliphatic heterocycles. The number of benzene rings is 2. The molecule has 0 aliphatic carbocycles. The minimum atomic E-state index is -1.34. The molecular formula is C22H22N2O9. The molecule has 0 unspecified atom stereocenters. The average molecular weight is 458 g/mol. The van der Waals surface area contributed by atoms with E-state index in [0.29, 0.717) is 5.56 Å². The Balaban J connectivity index is 2.43. The second kappa shape index (κ2) is 11.4. The third kappa shape index (κ3) is 6.35. The van der Waals surface area contributed by atoms with Crippen LogP contribution in [0.25, 0.3) is 0 Å². The summed E-state index contributed by atoms with van der Waals surface area (Å²) < 4.78 is 14.2. The molecule has 0 spiro atoms. The molecule has 0 saturated carbocycles. The van der Waals surface area contributed by atoms with Crippen molar-refractivity contribution < 1.29 is 38.3 Å². The molecule has 0 bridgehead atoms. The van der Waals surface area contributed by atoms with E-state index in [1.165, 1.54) is 62.8 Å². The zero-order chi connectivity index (χ0) is 24.5. The summed E-state index contributed by atoms with van der Waals surface area (Å²) in [6.07, 6.45) is -0.323. The maximum Gasteiger partial charge on any atom is 0.337 e. The van der Waals surface area contributed by atoms with Crippen LogP contribution in [-0.2, 0) is 23.8 Å². The van der Waals surface area contributed by atoms with Crippen molar-refractivity contribution in [3.05, 3.63) is 75.3 Å². The quantitative estimate of drug-likeness (QED) is 0.257. The monoisotopic (exact) mass is 458 g/mol. The molecule has 0 heterocycles. The highest BCUT2D eigenvalue weighted by Gasteiger charge is 2.34. The lowest BCUT2D eigenvalue weighted by Gasteiger charge is -2.26. The van der Waals surface area contributed by atoms with Gasteiger partial charge in [0.05, 0.1) is 38.2 Å². The predicted octanol–water partition coefficient (Wildman–Crippen LogP) is 2.00. The van der Waals surface area contributed by atoms with Gasteiger partial charge in [0.25, 0.3) is 11.6 Å². The Hall–Kier alpha value is -4.28. The smallest absolute Gasteiger partial charge is 0.337 e. The van der Waals surface area contributed by atoms with E-state index < -0.39 is 40.7 Å². The minimum Gasteiger partial charge on any atom is -0.469 e. The summed E-state index contributed by atoms with van der Waals surface area (Å²) >= 11 is 0. The summed E-state index contributed by atoms with van der Waals surface area (Å²) in [5.74, 6) is -3.84. The summed E-state index contributed by atoms with van der Waals surface area (Å²) in [4.78, 5) is 59.7. The van der Waals surface area contributed by atoms with Gasteiger partial charge in [0.15, 0.2) is 0 Å². The van der Waals surface area contributed by atoms with Crippen LogP contribution in [0.2, 0.25) is 0 Å². The van der Waals surface area contributed by atoms with Crippen molar-refractivity contribution in [1.82, 2.24) is 5.32 Å². The number of carbonyl (C=O) groups excluding carboxylic acids is 4. The highest BCUT2D eigenvalue weighted by molar-refractivity contribution is 5.99. The topological polar surface area (TPSA) is 151 Å². The van der Waals surface area contributed by atoms with E-state index in [0.717, 1.165) is 7.11 Å². The first-order valence-electron chi connectivity index (χ1n) is 9.60. The zero-order valence-electron chi connectivity index (χ0n) is 18.1. The number of carbonyl (C=O) groups is 4. The van der Waals surface area contributed by atoms with Gasteiger partial charge in [-0.1, -0.05) is 18.2 Å². The van der Waals surface area contributed by atoms with Gasteiger partial charge in [-0.25, -0.2) is 9.59 Å². The normalized spacial score (nSPS) is 12.1. The van der Waals surface area contributed by atoms with Crippen molar-refractivity contribution in [2.75, 3.05) is 21.3 Å². The summed E-state index contributed by atoms with van der Waals surface area (Å²) in [7, 11) is 3.48. The van der Waals surface area contributed by atoms with E-state index >= 15 is 0 Å². The predicted molar refractivity (Wildman–Crippen MR) is 114 cm³/mol. The zero-order valence-corrected chi connectivity index (χ0v) is 18.1. The van der Waals surface area contributed by atoms with Gasteiger partial charge < -0.3 is 19.5 Å². The van der Waals surface area contributed by atoms with E-state index in [9.17, 15) is 29.3 Å². The highest BCUT2D eigenvalue weighted by Crippen LogP contribution is 2.27. The maximum absolute atomic E-state index is 12.9. The van der Waals surface area contributed by atoms with Crippen LogP contribution in [0.4, 0.5) is 5.69 Å². The number of nitro benzene ring substituents is 1. The molecule has 33 heavy (non-hydrogen) atoms. The van der Waals surface area contributed by atoms with Crippen LogP contribution in [0.5, 0.6) is 0 Å². The van der Waals surface area contributed by atoms with Gasteiger partial charge in [0.2, 0.25) is 0 Å². The average Bonchev–Trinajstić information content (AvgIpc) is 2.84. The number of ether oxygens (including phenoxy) is 3. The Morgan fingerprint density at radius 1 is 0.939 bits per heavy atom. The third-order valence-corrected chi connectivity index (χ3v) is 4.84. The minimum absolute atomic E-state index is 0.0623. The van der Waals surface area contributed by atoms with Crippen molar-refractivity contribution in [1.29, 1.82) is 0 Å². The Bertz CT molecular complexity index is 1050. The molecule has 0 saturated heterocycles. The van der Waals surface area contributed by atoms with Crippen molar-refractivity contribution in [3.63, 3.8) is 0 Å². The molecule has 0 fully saturated rings. The van der Waals surface area contributed by atoms with Gasteiger partial charge in [-0.05, 0) is 23.8 Å². The van der Waals surface area contributed by atoms with Gasteiger partial charge in [-0.3, -0.25) is 19.7 Å². The van der Waals surface area contributed by atoms with Gasteiger partial charge in [0, 0.05) is 23.6 Å². The molecule has 0 aliphatic rings. The molecule has 1 N–H and O–H groups in total. The first-order valence-corrected chi connectivity index (χ1v) is 9.60. The Kier molecular flexibility index (Phi) is 8.61. The Morgan fingerprint density at radius 2 is 1.58 bits per heavy atom. The molecular weight excluding hydrogens is 436 g/mol. The van der Waals surface area contributed by atoms with Crippen LogP contribution < -0.4 is 5.32 Å². The fraction of sp³-hybridized carbons (Fsp3) is 0.273. The molecule has 11 nitrogen and oxygen atoms in total. The number of hydrogen-bond acceptors (Lipinski definition) is 9. The fourth-order valence-electron chi connectivity index (χ4n) is 3.11. The van der Waals surface area contributed by atoms with E-state index in [2.05, 4.69) is 10.1 Å². The van der Waals surface area contributed by atoms with Crippen LogP contribution in [0.1, 0.15) is 38.6 Å². The van der Waals surface area contributed by atoms with E-state index in [1.807, 2.05) is 0 Å². The van der Waals surface area contributed by atoms with Crippen molar-refractivity contribution in [2.24, 2.45) is 0 Å². The van der Waals surface area contributed by atoms with Gasteiger partial charge in [-0.15, -0.1) is 0 Å². The molecule has 0 aromatic heterocycles. The number of hydrogen-bond donors (Lipinski definition) is 1. The lowest BCUT2D eigenvalue weighted by atomic mass is 9.88. The fourth-order valence-corrected chi connectivity index (χ4v) is 3.11. The summed E-state index contributed by atoms with van der Waals surface area (Å²) in [6, 6.07) is 9.50. The number of nitro groups is 1. The lowest BCUT2D eigenvalue weighted by Crippen LogP contribution is -2.46. The summed E-state index contributed by atoms with van der Waals surface area (Å²) in [5.41, 5.74) is 0.368. The summed E-state index contributed by atoms with van der Waals surface area (Å²) in [6.45, 7) is 0. The van der Waals surface area contributed by atoms with Crippen LogP contribution >= 0.6 is 0 Å². The van der Waals surface area contributed by atoms with Crippen LogP contribution in [-0.4, -0.2) is 56.1 Å². The van der Waals surface area contributed by atoms with Gasteiger partial charge in [0.1, 0.15) is 6.04 Å². The number of nitrogens with zero attached hydrogens (tertiary/aromatic N) is 1. The van der Waals surface area contributed by atoms with Crippen molar-refractivity contribution in [2.45, 2.75) is 18.4 Å². The largest absolute Gasteiger partial charge is 0.469 e. The Labute approximate surface area is 188 Å². The number of rotatable bonds is 9. The number of methoxy groups -OCH3 is 3. The highest BCUT2D eigenvalue weighted by atomic mass is 16.6. The number of amides is 1. The first-order chi connectivity index (χ1) is 15.7. The molecule has 2 aromatic carbocycles. The molecule has 0 radical (unpaired) electrons. The molecule has 2 rings (SSSR count). The number of nitrogens with one attached hydrogen (secondary N) is 1. The SMILES string of the molecule is COC(=O)C[C@H](c1ccc([N+](=O)[O-])cc1)[C@@H](NC(=O)c1cccc(C(=O)OC)c1)C(=O)OC. The summed E-state index contributed by atoms with van der Waals surface area (Å²) in [5, 5.41) is 13.5. The second-order valence-corrected chi connectivity index (χ2v) is 6.78. The van der Waals surface area contributed by atoms with Gasteiger partial charge in [-0.2, -0.15) is 0 Å². The van der Waals surface area contributed by atoms with Crippen molar-refractivity contribution >= 4 is 29.5 Å². The number of non-ortho nitro benzene ring substituents is 1.